The maximum atomic E-state index is 5.48. The summed E-state index contributed by atoms with van der Waals surface area (Å²) in [6.07, 6.45) is 0. The number of rotatable bonds is 8. The fraction of sp³-hybridized carbons (Fsp3) is 0. The molecule has 0 aliphatic heterocycles. The highest BCUT2D eigenvalue weighted by atomic mass is 14.7. The second kappa shape index (κ2) is 16.1. The van der Waals surface area contributed by atoms with E-state index in [0.29, 0.717) is 0 Å². The van der Waals surface area contributed by atoms with Crippen LogP contribution in [-0.4, -0.2) is 9.97 Å². The minimum atomic E-state index is 0.927. The van der Waals surface area contributed by atoms with Gasteiger partial charge in [-0.1, -0.05) is 206 Å². The van der Waals surface area contributed by atoms with E-state index in [2.05, 4.69) is 243 Å². The van der Waals surface area contributed by atoms with Gasteiger partial charge in [0.2, 0.25) is 0 Å². The monoisotopic (exact) mass is 788 g/mol. The Labute approximate surface area is 362 Å². The van der Waals surface area contributed by atoms with Crippen molar-refractivity contribution < 1.29 is 0 Å². The van der Waals surface area contributed by atoms with E-state index in [4.69, 9.17) is 9.97 Å². The predicted molar refractivity (Wildman–Crippen MR) is 261 cm³/mol. The highest BCUT2D eigenvalue weighted by molar-refractivity contribution is 6.18. The molecule has 0 fully saturated rings. The molecule has 290 valence electrons. The van der Waals surface area contributed by atoms with Gasteiger partial charge in [-0.15, -0.1) is 0 Å². The summed E-state index contributed by atoms with van der Waals surface area (Å²) in [5.41, 5.74) is 18.5. The lowest BCUT2D eigenvalue weighted by molar-refractivity contribution is 1.32. The third-order valence-corrected chi connectivity index (χ3v) is 11.8. The molecule has 0 unspecified atom stereocenters. The summed E-state index contributed by atoms with van der Waals surface area (Å²) in [6.45, 7) is 0. The molecule has 0 radical (unpaired) electrons. The molecule has 2 heteroatoms. The second-order valence-corrected chi connectivity index (χ2v) is 15.8. The molecule has 2 aromatic heterocycles. The Balaban J connectivity index is 1.07. The van der Waals surface area contributed by atoms with Crippen LogP contribution in [0.5, 0.6) is 0 Å². The minimum absolute atomic E-state index is 0.927. The van der Waals surface area contributed by atoms with E-state index in [-0.39, 0.29) is 0 Å². The van der Waals surface area contributed by atoms with Gasteiger partial charge in [0.1, 0.15) is 0 Å². The summed E-state index contributed by atoms with van der Waals surface area (Å²) in [7, 11) is 0. The van der Waals surface area contributed by atoms with Crippen LogP contribution in [0.4, 0.5) is 0 Å². The fourth-order valence-corrected chi connectivity index (χ4v) is 8.72. The number of benzene rings is 9. The molecular formula is C60H40N2. The van der Waals surface area contributed by atoms with Crippen molar-refractivity contribution in [2.45, 2.75) is 0 Å². The summed E-state index contributed by atoms with van der Waals surface area (Å²) in [6, 6.07) is 86.5. The Morgan fingerprint density at radius 1 is 0.226 bits per heavy atom. The first kappa shape index (κ1) is 36.8. The van der Waals surface area contributed by atoms with E-state index in [9.17, 15) is 0 Å². The van der Waals surface area contributed by atoms with E-state index in [0.717, 1.165) is 78.1 Å². The van der Waals surface area contributed by atoms with Gasteiger partial charge >= 0.3 is 0 Å². The first-order chi connectivity index (χ1) is 30.7. The van der Waals surface area contributed by atoms with Crippen LogP contribution in [-0.2, 0) is 0 Å². The van der Waals surface area contributed by atoms with E-state index in [1.54, 1.807) is 0 Å². The maximum absolute atomic E-state index is 5.48. The fourth-order valence-electron chi connectivity index (χ4n) is 8.72. The molecule has 11 rings (SSSR count). The van der Waals surface area contributed by atoms with Gasteiger partial charge in [-0.2, -0.15) is 0 Å². The molecule has 0 amide bonds. The Hall–Kier alpha value is -8.20. The van der Waals surface area contributed by atoms with Crippen molar-refractivity contribution in [2.75, 3.05) is 0 Å². The van der Waals surface area contributed by atoms with Crippen LogP contribution in [0.1, 0.15) is 0 Å². The lowest BCUT2D eigenvalue weighted by Gasteiger charge is -2.17. The summed E-state index contributed by atoms with van der Waals surface area (Å²) in [5, 5.41) is 3.54. The molecule has 0 saturated heterocycles. The molecule has 0 atom stereocenters. The molecule has 0 saturated carbocycles. The van der Waals surface area contributed by atoms with Crippen LogP contribution in [0.25, 0.3) is 111 Å². The number of hydrogen-bond donors (Lipinski definition) is 0. The largest absolute Gasteiger partial charge is 0.248 e. The lowest BCUT2D eigenvalue weighted by atomic mass is 9.90. The quantitative estimate of drug-likeness (QED) is 0.143. The average Bonchev–Trinajstić information content (AvgIpc) is 3.37. The van der Waals surface area contributed by atoms with Crippen molar-refractivity contribution in [1.82, 2.24) is 9.97 Å². The Kier molecular flexibility index (Phi) is 9.57. The summed E-state index contributed by atoms with van der Waals surface area (Å²) < 4.78 is 0. The molecule has 0 bridgehead atoms. The zero-order chi connectivity index (χ0) is 41.2. The molecule has 2 nitrogen and oxygen atoms in total. The average molecular weight is 789 g/mol. The molecule has 62 heavy (non-hydrogen) atoms. The van der Waals surface area contributed by atoms with Crippen LogP contribution in [0.2, 0.25) is 0 Å². The Morgan fingerprint density at radius 2 is 0.645 bits per heavy atom. The zero-order valence-electron chi connectivity index (χ0n) is 34.0. The van der Waals surface area contributed by atoms with E-state index >= 15 is 0 Å². The van der Waals surface area contributed by atoms with Crippen LogP contribution < -0.4 is 0 Å². The molecule has 2 heterocycles. The number of pyridine rings is 2. The first-order valence-corrected chi connectivity index (χ1v) is 21.1. The molecule has 9 aromatic carbocycles. The van der Waals surface area contributed by atoms with Gasteiger partial charge in [0.15, 0.2) is 0 Å². The molecule has 0 aliphatic rings. The predicted octanol–water partition coefficient (Wildman–Crippen LogP) is 16.1. The highest BCUT2D eigenvalue weighted by Gasteiger charge is 2.18. The van der Waals surface area contributed by atoms with Gasteiger partial charge in [-0.05, 0) is 97.2 Å². The van der Waals surface area contributed by atoms with Crippen molar-refractivity contribution in [3.8, 4) is 89.4 Å². The molecule has 0 spiro atoms. The highest BCUT2D eigenvalue weighted by Crippen LogP contribution is 2.42. The maximum Gasteiger partial charge on any atom is 0.0800 e. The zero-order valence-corrected chi connectivity index (χ0v) is 34.0. The van der Waals surface area contributed by atoms with Gasteiger partial charge in [0.25, 0.3) is 0 Å². The smallest absolute Gasteiger partial charge is 0.0800 e. The van der Waals surface area contributed by atoms with Crippen molar-refractivity contribution in [3.05, 3.63) is 243 Å². The standard InChI is InChI=1S/C60H40N2/c1-5-17-41(18-6-1)47-26-15-28-50(35-47)56-38-52(39-57(61-56)51-29-16-27-48(36-51)42-19-7-2-8-20-42)43-31-33-45(34-32-43)55-37-49-25-13-14-30-53(49)59-54(44-21-9-3-10-22-44)40-58(62-60(55)59)46-23-11-4-12-24-46/h1-40H. The molecule has 11 aromatic rings. The van der Waals surface area contributed by atoms with E-state index in [1.165, 1.54) is 33.0 Å². The van der Waals surface area contributed by atoms with Crippen molar-refractivity contribution >= 4 is 21.7 Å². The van der Waals surface area contributed by atoms with Crippen LogP contribution >= 0.6 is 0 Å². The third kappa shape index (κ3) is 7.14. The molecule has 0 aliphatic carbocycles. The van der Waals surface area contributed by atoms with E-state index in [1.807, 2.05) is 0 Å². The minimum Gasteiger partial charge on any atom is -0.248 e. The van der Waals surface area contributed by atoms with Gasteiger partial charge in [-0.25, -0.2) is 9.97 Å². The van der Waals surface area contributed by atoms with Gasteiger partial charge in [0, 0.05) is 27.6 Å². The lowest BCUT2D eigenvalue weighted by Crippen LogP contribution is -1.94. The molecular weight excluding hydrogens is 749 g/mol. The third-order valence-electron chi connectivity index (χ3n) is 11.8. The second-order valence-electron chi connectivity index (χ2n) is 15.8. The van der Waals surface area contributed by atoms with Gasteiger partial charge < -0.3 is 0 Å². The number of nitrogens with zero attached hydrogens (tertiary/aromatic N) is 2. The SMILES string of the molecule is c1ccc(-c2cccc(-c3cc(-c4ccc(-c5cc6ccccc6c6c(-c7ccccc7)cc(-c7ccccc7)nc56)cc4)cc(-c4cccc(-c5ccccc5)c4)n3)c2)cc1. The van der Waals surface area contributed by atoms with Gasteiger partial charge in [-0.3, -0.25) is 0 Å². The van der Waals surface area contributed by atoms with E-state index < -0.39 is 0 Å². The van der Waals surface area contributed by atoms with Gasteiger partial charge in [0.05, 0.1) is 22.6 Å². The van der Waals surface area contributed by atoms with Crippen LogP contribution in [0.15, 0.2) is 243 Å². The van der Waals surface area contributed by atoms with Crippen molar-refractivity contribution in [3.63, 3.8) is 0 Å². The van der Waals surface area contributed by atoms with Crippen molar-refractivity contribution in [1.29, 1.82) is 0 Å². The Bertz CT molecular complexity index is 3260. The molecule has 0 N–H and O–H groups in total. The summed E-state index contributed by atoms with van der Waals surface area (Å²) in [5.74, 6) is 0. The normalized spacial score (nSPS) is 11.2. The topological polar surface area (TPSA) is 25.8 Å². The van der Waals surface area contributed by atoms with Crippen LogP contribution in [0.3, 0.4) is 0 Å². The number of aromatic nitrogens is 2. The number of fused-ring (bicyclic) bond motifs is 3. The summed E-state index contributed by atoms with van der Waals surface area (Å²) >= 11 is 0. The Morgan fingerprint density at radius 3 is 1.23 bits per heavy atom. The van der Waals surface area contributed by atoms with Crippen LogP contribution in [0, 0.1) is 0 Å². The van der Waals surface area contributed by atoms with Crippen molar-refractivity contribution in [2.24, 2.45) is 0 Å². The number of hydrogen-bond acceptors (Lipinski definition) is 2. The summed E-state index contributed by atoms with van der Waals surface area (Å²) in [4.78, 5) is 10.8. The first-order valence-electron chi connectivity index (χ1n) is 21.1.